The average molecular weight is 395 g/mol. The van der Waals surface area contributed by atoms with Crippen molar-refractivity contribution in [2.75, 3.05) is 0 Å². The molecule has 1 heterocycles. The number of nitrogens with two attached hydrogens (primary N) is 1. The van der Waals surface area contributed by atoms with Crippen LogP contribution in [0.4, 0.5) is 13.2 Å². The van der Waals surface area contributed by atoms with Gasteiger partial charge in [-0.15, -0.1) is 0 Å². The van der Waals surface area contributed by atoms with Gasteiger partial charge in [0, 0.05) is 5.56 Å². The monoisotopic (exact) mass is 395 g/mol. The van der Waals surface area contributed by atoms with Gasteiger partial charge in [-0.3, -0.25) is 4.79 Å². The second kappa shape index (κ2) is 6.63. The summed E-state index contributed by atoms with van der Waals surface area (Å²) in [6.45, 7) is 0. The van der Waals surface area contributed by atoms with Crippen LogP contribution in [0.1, 0.15) is 16.1 Å². The Kier molecular flexibility index (Phi) is 4.62. The number of aldehydes is 1. The molecule has 0 amide bonds. The molecule has 0 unspecified atom stereocenters. The molecule has 10 heteroatoms. The van der Waals surface area contributed by atoms with Crippen molar-refractivity contribution in [2.24, 2.45) is 5.14 Å². The van der Waals surface area contributed by atoms with Crippen molar-refractivity contribution in [3.05, 3.63) is 65.9 Å². The quantitative estimate of drug-likeness (QED) is 0.687. The zero-order valence-corrected chi connectivity index (χ0v) is 14.3. The lowest BCUT2D eigenvalue weighted by Crippen LogP contribution is -2.12. The summed E-state index contributed by atoms with van der Waals surface area (Å²) in [6, 6.07) is 12.8. The molecule has 6 nitrogen and oxygen atoms in total. The van der Waals surface area contributed by atoms with Crippen LogP contribution in [0.5, 0.6) is 0 Å². The number of benzene rings is 2. The molecule has 0 fully saturated rings. The van der Waals surface area contributed by atoms with E-state index in [9.17, 15) is 26.4 Å². The second-order valence-corrected chi connectivity index (χ2v) is 7.10. The molecule has 0 saturated carbocycles. The SMILES string of the molecule is NS(=O)(=O)c1ccc(-n2nc(C(F)(F)F)c(C=O)c2-c2ccccc2)cc1. The van der Waals surface area contributed by atoms with E-state index in [1.54, 1.807) is 30.3 Å². The number of halogens is 3. The van der Waals surface area contributed by atoms with Gasteiger partial charge in [0.1, 0.15) is 0 Å². The van der Waals surface area contributed by atoms with Crippen LogP contribution in [0.2, 0.25) is 0 Å². The zero-order chi connectivity index (χ0) is 19.8. The molecule has 2 N–H and O–H groups in total. The highest BCUT2D eigenvalue weighted by Gasteiger charge is 2.39. The fourth-order valence-electron chi connectivity index (χ4n) is 2.59. The summed E-state index contributed by atoms with van der Waals surface area (Å²) in [5, 5.41) is 8.60. The van der Waals surface area contributed by atoms with Crippen molar-refractivity contribution in [1.82, 2.24) is 9.78 Å². The number of sulfonamides is 1. The number of hydrogen-bond donors (Lipinski definition) is 1. The van der Waals surface area contributed by atoms with E-state index < -0.39 is 27.5 Å². The Labute approximate surface area is 152 Å². The molecule has 0 atom stereocenters. The van der Waals surface area contributed by atoms with Crippen LogP contribution in [0.25, 0.3) is 16.9 Å². The van der Waals surface area contributed by atoms with Gasteiger partial charge in [-0.25, -0.2) is 18.2 Å². The first kappa shape index (κ1) is 18.8. The third kappa shape index (κ3) is 3.62. The number of aromatic nitrogens is 2. The maximum Gasteiger partial charge on any atom is 0.435 e. The summed E-state index contributed by atoms with van der Waals surface area (Å²) in [5.41, 5.74) is -1.50. The van der Waals surface area contributed by atoms with Crippen molar-refractivity contribution in [1.29, 1.82) is 0 Å². The van der Waals surface area contributed by atoms with Gasteiger partial charge in [-0.05, 0) is 24.3 Å². The summed E-state index contributed by atoms with van der Waals surface area (Å²) in [5.74, 6) is 0. The third-order valence-corrected chi connectivity index (χ3v) is 4.69. The van der Waals surface area contributed by atoms with Crippen molar-refractivity contribution < 1.29 is 26.4 Å². The van der Waals surface area contributed by atoms with Crippen LogP contribution in [-0.2, 0) is 16.2 Å². The van der Waals surface area contributed by atoms with E-state index in [-0.39, 0.29) is 22.6 Å². The summed E-state index contributed by atoms with van der Waals surface area (Å²) < 4.78 is 63.7. The first-order chi connectivity index (χ1) is 12.6. The lowest BCUT2D eigenvalue weighted by atomic mass is 10.1. The molecule has 0 spiro atoms. The van der Waals surface area contributed by atoms with Gasteiger partial charge in [0.05, 0.1) is 21.8 Å². The van der Waals surface area contributed by atoms with Crippen molar-refractivity contribution >= 4 is 16.3 Å². The van der Waals surface area contributed by atoms with Crippen LogP contribution >= 0.6 is 0 Å². The van der Waals surface area contributed by atoms with Crippen LogP contribution in [0.3, 0.4) is 0 Å². The minimum absolute atomic E-state index is 0.0544. The summed E-state index contributed by atoms with van der Waals surface area (Å²) in [4.78, 5) is 11.2. The standard InChI is InChI=1S/C17H12F3N3O3S/c18-17(19,20)16-14(10-24)15(11-4-2-1-3-5-11)23(22-16)12-6-8-13(9-7-12)27(21,25)26/h1-10H,(H2,21,25,26). The Balaban J connectivity index is 2.29. The first-order valence-corrected chi connectivity index (χ1v) is 9.01. The number of hydrogen-bond acceptors (Lipinski definition) is 4. The predicted octanol–water partition coefficient (Wildman–Crippen LogP) is 3.02. The fourth-order valence-corrected chi connectivity index (χ4v) is 3.10. The van der Waals surface area contributed by atoms with Gasteiger partial charge in [0.15, 0.2) is 12.0 Å². The molecule has 140 valence electrons. The van der Waals surface area contributed by atoms with Gasteiger partial charge in [-0.2, -0.15) is 18.3 Å². The number of rotatable bonds is 4. The van der Waals surface area contributed by atoms with E-state index in [0.29, 0.717) is 5.56 Å². The number of carbonyl (C=O) groups excluding carboxylic acids is 1. The number of carbonyl (C=O) groups is 1. The molecule has 27 heavy (non-hydrogen) atoms. The van der Waals surface area contributed by atoms with Gasteiger partial charge in [0.25, 0.3) is 0 Å². The molecule has 0 saturated heterocycles. The molecule has 0 aliphatic heterocycles. The van der Waals surface area contributed by atoms with Crippen molar-refractivity contribution in [2.45, 2.75) is 11.1 Å². The van der Waals surface area contributed by atoms with E-state index in [1.807, 2.05) is 0 Å². The lowest BCUT2D eigenvalue weighted by molar-refractivity contribution is -0.141. The van der Waals surface area contributed by atoms with Gasteiger partial charge in [-0.1, -0.05) is 30.3 Å². The van der Waals surface area contributed by atoms with Gasteiger partial charge < -0.3 is 0 Å². The Morgan fingerprint density at radius 2 is 1.59 bits per heavy atom. The normalized spacial score (nSPS) is 12.1. The Bertz CT molecular complexity index is 1090. The van der Waals surface area contributed by atoms with E-state index in [1.165, 1.54) is 12.1 Å². The molecular formula is C17H12F3N3O3S. The summed E-state index contributed by atoms with van der Waals surface area (Å²) >= 11 is 0. The average Bonchev–Trinajstić information content (AvgIpc) is 3.02. The third-order valence-electron chi connectivity index (χ3n) is 3.77. The fraction of sp³-hybridized carbons (Fsp3) is 0.0588. The van der Waals surface area contributed by atoms with E-state index >= 15 is 0 Å². The Morgan fingerprint density at radius 3 is 2.07 bits per heavy atom. The molecule has 3 rings (SSSR count). The Morgan fingerprint density at radius 1 is 1.00 bits per heavy atom. The predicted molar refractivity (Wildman–Crippen MR) is 90.8 cm³/mol. The van der Waals surface area contributed by atoms with Crippen LogP contribution in [0.15, 0.2) is 59.5 Å². The molecule has 0 aliphatic carbocycles. The van der Waals surface area contributed by atoms with Crippen LogP contribution < -0.4 is 5.14 Å². The van der Waals surface area contributed by atoms with Crippen molar-refractivity contribution in [3.63, 3.8) is 0 Å². The molecule has 1 aromatic heterocycles. The van der Waals surface area contributed by atoms with Crippen LogP contribution in [-0.4, -0.2) is 24.5 Å². The number of nitrogens with zero attached hydrogens (tertiary/aromatic N) is 2. The highest BCUT2D eigenvalue weighted by atomic mass is 32.2. The maximum absolute atomic E-state index is 13.3. The lowest BCUT2D eigenvalue weighted by Gasteiger charge is -2.09. The molecule has 0 bridgehead atoms. The highest BCUT2D eigenvalue weighted by Crippen LogP contribution is 2.36. The number of alkyl halides is 3. The maximum atomic E-state index is 13.3. The molecule has 3 aromatic rings. The largest absolute Gasteiger partial charge is 0.435 e. The first-order valence-electron chi connectivity index (χ1n) is 7.47. The van der Waals surface area contributed by atoms with Gasteiger partial charge >= 0.3 is 6.18 Å². The minimum Gasteiger partial charge on any atom is -0.298 e. The molecule has 0 aliphatic rings. The van der Waals surface area contributed by atoms with E-state index in [4.69, 9.17) is 5.14 Å². The highest BCUT2D eigenvalue weighted by molar-refractivity contribution is 7.89. The topological polar surface area (TPSA) is 95.1 Å². The number of primary sulfonamides is 1. The molecule has 2 aromatic carbocycles. The molecular weight excluding hydrogens is 383 g/mol. The zero-order valence-electron chi connectivity index (χ0n) is 13.5. The minimum atomic E-state index is -4.84. The Hall–Kier alpha value is -2.98. The smallest absolute Gasteiger partial charge is 0.298 e. The summed E-state index contributed by atoms with van der Waals surface area (Å²) in [7, 11) is -3.96. The van der Waals surface area contributed by atoms with E-state index in [2.05, 4.69) is 5.10 Å². The molecule has 0 radical (unpaired) electrons. The van der Waals surface area contributed by atoms with Crippen molar-refractivity contribution in [3.8, 4) is 16.9 Å². The van der Waals surface area contributed by atoms with Crippen LogP contribution in [0, 0.1) is 0 Å². The second-order valence-electron chi connectivity index (χ2n) is 5.54. The summed E-state index contributed by atoms with van der Waals surface area (Å²) in [6.07, 6.45) is -4.74. The van der Waals surface area contributed by atoms with E-state index in [0.717, 1.165) is 16.8 Å². The van der Waals surface area contributed by atoms with Gasteiger partial charge in [0.2, 0.25) is 10.0 Å².